The summed E-state index contributed by atoms with van der Waals surface area (Å²) in [6.45, 7) is 0. The Bertz CT molecular complexity index is 1190. The Kier molecular flexibility index (Phi) is 5.39. The Morgan fingerprint density at radius 2 is 1.89 bits per heavy atom. The van der Waals surface area contributed by atoms with E-state index in [2.05, 4.69) is 15.5 Å². The third kappa shape index (κ3) is 3.92. The normalized spacial score (nSPS) is 11.2. The standard InChI is InChI=1S/C21H13Cl2N3OS/c22-17-8-7-13(10-18(17)23)20-11-16(15-5-1-2-6-19(15)25-20)21(27)26-24-12-14-4-3-9-28-14/h1-12H,(H,26,27)/b24-12-. The van der Waals surface area contributed by atoms with E-state index in [1.165, 1.54) is 0 Å². The third-order valence-corrected chi connectivity index (χ3v) is 5.62. The highest BCUT2D eigenvalue weighted by Crippen LogP contribution is 2.30. The van der Waals surface area contributed by atoms with Gasteiger partial charge in [-0.2, -0.15) is 5.10 Å². The van der Waals surface area contributed by atoms with Gasteiger partial charge in [0, 0.05) is 15.8 Å². The lowest BCUT2D eigenvalue weighted by atomic mass is 10.0. The number of amides is 1. The van der Waals surface area contributed by atoms with Gasteiger partial charge in [-0.25, -0.2) is 10.4 Å². The number of hydrogen-bond acceptors (Lipinski definition) is 4. The number of carbonyl (C=O) groups excluding carboxylic acids is 1. The van der Waals surface area contributed by atoms with Crippen molar-refractivity contribution in [1.82, 2.24) is 10.4 Å². The monoisotopic (exact) mass is 425 g/mol. The molecule has 0 saturated carbocycles. The van der Waals surface area contributed by atoms with Crippen molar-refractivity contribution in [3.05, 3.63) is 86.5 Å². The Balaban J connectivity index is 1.73. The van der Waals surface area contributed by atoms with Crippen LogP contribution >= 0.6 is 34.5 Å². The molecule has 2 aromatic heterocycles. The zero-order valence-corrected chi connectivity index (χ0v) is 16.7. The van der Waals surface area contributed by atoms with Crippen LogP contribution in [0.1, 0.15) is 15.2 Å². The maximum absolute atomic E-state index is 12.8. The van der Waals surface area contributed by atoms with Crippen molar-refractivity contribution in [2.24, 2.45) is 5.10 Å². The first kappa shape index (κ1) is 18.6. The zero-order chi connectivity index (χ0) is 19.5. The Morgan fingerprint density at radius 1 is 1.04 bits per heavy atom. The topological polar surface area (TPSA) is 54.4 Å². The fourth-order valence-electron chi connectivity index (χ4n) is 2.75. The number of nitrogens with one attached hydrogen (secondary N) is 1. The van der Waals surface area contributed by atoms with Crippen LogP contribution in [0.25, 0.3) is 22.2 Å². The van der Waals surface area contributed by atoms with E-state index in [-0.39, 0.29) is 5.91 Å². The molecule has 0 fully saturated rings. The van der Waals surface area contributed by atoms with Gasteiger partial charge < -0.3 is 0 Å². The van der Waals surface area contributed by atoms with Gasteiger partial charge in [0.05, 0.1) is 33.0 Å². The molecule has 0 spiro atoms. The molecule has 0 bridgehead atoms. The molecule has 7 heteroatoms. The Hall–Kier alpha value is -2.73. The van der Waals surface area contributed by atoms with E-state index < -0.39 is 0 Å². The lowest BCUT2D eigenvalue weighted by molar-refractivity contribution is 0.0957. The first-order chi connectivity index (χ1) is 13.6. The summed E-state index contributed by atoms with van der Waals surface area (Å²) in [6, 6.07) is 18.3. The van der Waals surface area contributed by atoms with E-state index in [1.54, 1.807) is 35.8 Å². The second kappa shape index (κ2) is 8.10. The second-order valence-electron chi connectivity index (χ2n) is 5.92. The molecule has 4 nitrogen and oxygen atoms in total. The minimum atomic E-state index is -0.312. The molecule has 28 heavy (non-hydrogen) atoms. The molecule has 0 aliphatic carbocycles. The second-order valence-corrected chi connectivity index (χ2v) is 7.71. The molecule has 0 radical (unpaired) electrons. The minimum absolute atomic E-state index is 0.312. The molecule has 0 aliphatic heterocycles. The number of pyridine rings is 1. The van der Waals surface area contributed by atoms with Crippen LogP contribution in [0.4, 0.5) is 0 Å². The summed E-state index contributed by atoms with van der Waals surface area (Å²) < 4.78 is 0. The molecule has 2 aromatic carbocycles. The number of hydrazone groups is 1. The number of carbonyl (C=O) groups is 1. The van der Waals surface area contributed by atoms with Crippen LogP contribution in [-0.4, -0.2) is 17.1 Å². The van der Waals surface area contributed by atoms with Crippen LogP contribution in [0.5, 0.6) is 0 Å². The average molecular weight is 426 g/mol. The van der Waals surface area contributed by atoms with Crippen molar-refractivity contribution < 1.29 is 4.79 Å². The minimum Gasteiger partial charge on any atom is -0.267 e. The van der Waals surface area contributed by atoms with E-state index in [4.69, 9.17) is 23.2 Å². The van der Waals surface area contributed by atoms with Crippen molar-refractivity contribution in [3.63, 3.8) is 0 Å². The molecular weight excluding hydrogens is 413 g/mol. The van der Waals surface area contributed by atoms with Crippen LogP contribution < -0.4 is 5.43 Å². The van der Waals surface area contributed by atoms with Gasteiger partial charge >= 0.3 is 0 Å². The number of nitrogens with zero attached hydrogens (tertiary/aromatic N) is 2. The summed E-state index contributed by atoms with van der Waals surface area (Å²) in [5.41, 5.74) is 5.18. The van der Waals surface area contributed by atoms with E-state index in [0.717, 1.165) is 15.8 Å². The van der Waals surface area contributed by atoms with Gasteiger partial charge in [-0.05, 0) is 35.7 Å². The van der Waals surface area contributed by atoms with Gasteiger partial charge in [0.25, 0.3) is 5.91 Å². The van der Waals surface area contributed by atoms with Crippen molar-refractivity contribution in [2.75, 3.05) is 0 Å². The van der Waals surface area contributed by atoms with Crippen LogP contribution in [-0.2, 0) is 0 Å². The zero-order valence-electron chi connectivity index (χ0n) is 14.4. The highest BCUT2D eigenvalue weighted by molar-refractivity contribution is 7.11. The smallest absolute Gasteiger partial charge is 0.267 e. The summed E-state index contributed by atoms with van der Waals surface area (Å²) in [5, 5.41) is 7.64. The fourth-order valence-corrected chi connectivity index (χ4v) is 3.63. The molecule has 0 unspecified atom stereocenters. The molecule has 4 rings (SSSR count). The molecule has 0 aliphatic rings. The van der Waals surface area contributed by atoms with Gasteiger partial charge in [-0.3, -0.25) is 4.79 Å². The predicted octanol–water partition coefficient (Wildman–Crippen LogP) is 6.03. The third-order valence-electron chi connectivity index (χ3n) is 4.08. The fraction of sp³-hybridized carbons (Fsp3) is 0. The number of benzene rings is 2. The van der Waals surface area contributed by atoms with Gasteiger partial charge in [0.15, 0.2) is 0 Å². The summed E-state index contributed by atoms with van der Waals surface area (Å²) >= 11 is 13.7. The Labute approximate surface area is 175 Å². The molecule has 1 amide bonds. The number of rotatable bonds is 4. The van der Waals surface area contributed by atoms with Crippen LogP contribution in [0.15, 0.2) is 71.1 Å². The SMILES string of the molecule is O=C(N/N=C\c1cccs1)c1cc(-c2ccc(Cl)c(Cl)c2)nc2ccccc12. The van der Waals surface area contributed by atoms with Crippen molar-refractivity contribution in [3.8, 4) is 11.3 Å². The quantitative estimate of drug-likeness (QED) is 0.320. The molecule has 0 saturated heterocycles. The summed E-state index contributed by atoms with van der Waals surface area (Å²) in [5.74, 6) is -0.312. The largest absolute Gasteiger partial charge is 0.272 e. The first-order valence-electron chi connectivity index (χ1n) is 8.34. The van der Waals surface area contributed by atoms with E-state index in [1.807, 2.05) is 47.8 Å². The summed E-state index contributed by atoms with van der Waals surface area (Å²) in [4.78, 5) is 18.4. The lowest BCUT2D eigenvalue weighted by Crippen LogP contribution is -2.18. The van der Waals surface area contributed by atoms with Gasteiger partial charge in [0.1, 0.15) is 0 Å². The van der Waals surface area contributed by atoms with Gasteiger partial charge in [-0.1, -0.05) is 53.5 Å². The van der Waals surface area contributed by atoms with Crippen molar-refractivity contribution >= 4 is 57.6 Å². The average Bonchev–Trinajstić information content (AvgIpc) is 3.22. The molecule has 4 aromatic rings. The molecule has 1 N–H and O–H groups in total. The van der Waals surface area contributed by atoms with Crippen LogP contribution in [0, 0.1) is 0 Å². The lowest BCUT2D eigenvalue weighted by Gasteiger charge is -2.09. The van der Waals surface area contributed by atoms with Crippen molar-refractivity contribution in [2.45, 2.75) is 0 Å². The van der Waals surface area contributed by atoms with E-state index >= 15 is 0 Å². The number of thiophene rings is 1. The molecule has 138 valence electrons. The molecule has 2 heterocycles. The van der Waals surface area contributed by atoms with E-state index in [9.17, 15) is 4.79 Å². The summed E-state index contributed by atoms with van der Waals surface area (Å²) in [7, 11) is 0. The first-order valence-corrected chi connectivity index (χ1v) is 9.97. The number of para-hydroxylation sites is 1. The maximum Gasteiger partial charge on any atom is 0.272 e. The highest BCUT2D eigenvalue weighted by atomic mass is 35.5. The number of halogens is 2. The number of fused-ring (bicyclic) bond motifs is 1. The van der Waals surface area contributed by atoms with Crippen LogP contribution in [0.2, 0.25) is 10.0 Å². The predicted molar refractivity (Wildman–Crippen MR) is 117 cm³/mol. The van der Waals surface area contributed by atoms with Gasteiger partial charge in [0.2, 0.25) is 0 Å². The van der Waals surface area contributed by atoms with Gasteiger partial charge in [-0.15, -0.1) is 11.3 Å². The van der Waals surface area contributed by atoms with Crippen LogP contribution in [0.3, 0.4) is 0 Å². The highest BCUT2D eigenvalue weighted by Gasteiger charge is 2.14. The maximum atomic E-state index is 12.8. The van der Waals surface area contributed by atoms with Crippen molar-refractivity contribution in [1.29, 1.82) is 0 Å². The number of hydrogen-bond donors (Lipinski definition) is 1. The summed E-state index contributed by atoms with van der Waals surface area (Å²) in [6.07, 6.45) is 1.62. The molecule has 0 atom stereocenters. The Morgan fingerprint density at radius 3 is 2.68 bits per heavy atom. The van der Waals surface area contributed by atoms with E-state index in [0.29, 0.717) is 26.8 Å². The number of aromatic nitrogens is 1. The molecular formula is C21H13Cl2N3OS.